The number of unbranched alkanes of at least 4 members (excludes halogenated alkanes) is 3. The molecule has 0 saturated heterocycles. The lowest BCUT2D eigenvalue weighted by molar-refractivity contribution is 0.737. The van der Waals surface area contributed by atoms with Crippen molar-refractivity contribution in [3.05, 3.63) is 60.7 Å². The SMILES string of the molecule is CCCCCC#CP(c1ccccc1)c1ccccc1. The molecule has 0 atom stereocenters. The Morgan fingerprint density at radius 3 is 1.85 bits per heavy atom. The highest BCUT2D eigenvalue weighted by molar-refractivity contribution is 7.77. The molecule has 0 aliphatic carbocycles. The summed E-state index contributed by atoms with van der Waals surface area (Å²) in [5, 5.41) is 2.69. The summed E-state index contributed by atoms with van der Waals surface area (Å²) in [6.45, 7) is 2.23. The highest BCUT2D eigenvalue weighted by atomic mass is 31.1. The highest BCUT2D eigenvalue weighted by Crippen LogP contribution is 2.31. The molecule has 0 N–H and O–H groups in total. The molecule has 0 unspecified atom stereocenters. The lowest BCUT2D eigenvalue weighted by Gasteiger charge is -2.11. The van der Waals surface area contributed by atoms with Crippen LogP contribution < -0.4 is 10.6 Å². The molecule has 102 valence electrons. The van der Waals surface area contributed by atoms with E-state index in [0.717, 1.165) is 6.42 Å². The van der Waals surface area contributed by atoms with Crippen LogP contribution >= 0.6 is 7.92 Å². The molecule has 2 aromatic rings. The third-order valence-corrected chi connectivity index (χ3v) is 5.14. The summed E-state index contributed by atoms with van der Waals surface area (Å²) >= 11 is 0. The lowest BCUT2D eigenvalue weighted by Crippen LogP contribution is -2.09. The molecule has 0 saturated carbocycles. The Morgan fingerprint density at radius 2 is 1.35 bits per heavy atom. The largest absolute Gasteiger partial charge is 0.0980 e. The first kappa shape index (κ1) is 14.8. The zero-order chi connectivity index (χ0) is 14.0. The van der Waals surface area contributed by atoms with Crippen LogP contribution in [0.3, 0.4) is 0 Å². The molecule has 0 fully saturated rings. The van der Waals surface area contributed by atoms with Gasteiger partial charge in [-0.1, -0.05) is 92.0 Å². The maximum atomic E-state index is 3.53. The molecule has 0 heterocycles. The molecule has 20 heavy (non-hydrogen) atoms. The molecular weight excluding hydrogens is 259 g/mol. The second-order valence-electron chi connectivity index (χ2n) is 4.75. The fourth-order valence-corrected chi connectivity index (χ4v) is 3.80. The van der Waals surface area contributed by atoms with Crippen LogP contribution in [0, 0.1) is 11.6 Å². The Kier molecular flexibility index (Phi) is 6.36. The Morgan fingerprint density at radius 1 is 0.800 bits per heavy atom. The maximum absolute atomic E-state index is 3.53. The minimum absolute atomic E-state index is 0.533. The molecule has 0 nitrogen and oxygen atoms in total. The van der Waals surface area contributed by atoms with Crippen molar-refractivity contribution in [2.45, 2.75) is 32.6 Å². The number of benzene rings is 2. The molecule has 1 heteroatoms. The topological polar surface area (TPSA) is 0 Å². The summed E-state index contributed by atoms with van der Waals surface area (Å²) in [5.74, 6) is 3.40. The van der Waals surface area contributed by atoms with Crippen LogP contribution in [0.1, 0.15) is 32.6 Å². The van der Waals surface area contributed by atoms with E-state index >= 15 is 0 Å². The van der Waals surface area contributed by atoms with Crippen molar-refractivity contribution in [3.8, 4) is 11.6 Å². The van der Waals surface area contributed by atoms with E-state index in [1.54, 1.807) is 0 Å². The van der Waals surface area contributed by atoms with Crippen LogP contribution in [-0.4, -0.2) is 0 Å². The second-order valence-corrected chi connectivity index (χ2v) is 6.68. The van der Waals surface area contributed by atoms with E-state index in [1.807, 2.05) is 0 Å². The third-order valence-electron chi connectivity index (χ3n) is 3.12. The molecule has 0 radical (unpaired) electrons. The Hall–Kier alpha value is -1.57. The molecule has 0 aromatic heterocycles. The van der Waals surface area contributed by atoms with E-state index < -0.39 is 7.92 Å². The van der Waals surface area contributed by atoms with Crippen LogP contribution in [0.5, 0.6) is 0 Å². The summed E-state index contributed by atoms with van der Waals surface area (Å²) in [6, 6.07) is 21.3. The number of hydrogen-bond donors (Lipinski definition) is 0. The van der Waals surface area contributed by atoms with Crippen molar-refractivity contribution in [2.24, 2.45) is 0 Å². The second kappa shape index (κ2) is 8.57. The van der Waals surface area contributed by atoms with E-state index in [1.165, 1.54) is 29.9 Å². The minimum Gasteiger partial charge on any atom is -0.0980 e. The van der Waals surface area contributed by atoms with Crippen molar-refractivity contribution in [1.29, 1.82) is 0 Å². The van der Waals surface area contributed by atoms with Gasteiger partial charge in [0.05, 0.1) is 0 Å². The molecule has 0 aliphatic heterocycles. The van der Waals surface area contributed by atoms with E-state index in [4.69, 9.17) is 0 Å². The van der Waals surface area contributed by atoms with Gasteiger partial charge in [0.2, 0.25) is 0 Å². The Labute approximate surface area is 124 Å². The van der Waals surface area contributed by atoms with Gasteiger partial charge in [-0.05, 0) is 17.0 Å². The van der Waals surface area contributed by atoms with Crippen molar-refractivity contribution in [3.63, 3.8) is 0 Å². The monoisotopic (exact) mass is 280 g/mol. The number of rotatable bonds is 5. The zero-order valence-electron chi connectivity index (χ0n) is 12.0. The van der Waals surface area contributed by atoms with Gasteiger partial charge in [-0.3, -0.25) is 0 Å². The van der Waals surface area contributed by atoms with Gasteiger partial charge in [0, 0.05) is 14.3 Å². The average molecular weight is 280 g/mol. The zero-order valence-corrected chi connectivity index (χ0v) is 12.9. The standard InChI is InChI=1S/C19H21P/c1-2-3-4-5-12-17-20(18-13-8-6-9-14-18)19-15-10-7-11-16-19/h6-11,13-16H,2-5H2,1H3. The summed E-state index contributed by atoms with van der Waals surface area (Å²) in [4.78, 5) is 0. The molecule has 0 aliphatic rings. The molecule has 0 spiro atoms. The normalized spacial score (nSPS) is 10.1. The summed E-state index contributed by atoms with van der Waals surface area (Å²) < 4.78 is 0. The molecule has 0 amide bonds. The van der Waals surface area contributed by atoms with Gasteiger partial charge in [0.15, 0.2) is 0 Å². The van der Waals surface area contributed by atoms with Crippen molar-refractivity contribution < 1.29 is 0 Å². The highest BCUT2D eigenvalue weighted by Gasteiger charge is 2.09. The Balaban J connectivity index is 2.17. The summed E-state index contributed by atoms with van der Waals surface area (Å²) in [5.41, 5.74) is 3.53. The fourth-order valence-electron chi connectivity index (χ4n) is 2.03. The van der Waals surface area contributed by atoms with E-state index in [0.29, 0.717) is 0 Å². The smallest absolute Gasteiger partial charge is 0.0344 e. The van der Waals surface area contributed by atoms with Crippen molar-refractivity contribution in [1.82, 2.24) is 0 Å². The molecule has 2 rings (SSSR count). The van der Waals surface area contributed by atoms with Gasteiger partial charge in [0.25, 0.3) is 0 Å². The first-order valence-corrected chi connectivity index (χ1v) is 8.64. The van der Waals surface area contributed by atoms with Gasteiger partial charge in [-0.25, -0.2) is 0 Å². The van der Waals surface area contributed by atoms with E-state index in [-0.39, 0.29) is 0 Å². The average Bonchev–Trinajstić information content (AvgIpc) is 2.53. The first-order chi connectivity index (χ1) is 9.92. The predicted octanol–water partition coefficient (Wildman–Crippen LogP) is 4.66. The molecular formula is C19H21P. The van der Waals surface area contributed by atoms with Crippen LogP contribution in [0.25, 0.3) is 0 Å². The third kappa shape index (κ3) is 4.52. The summed E-state index contributed by atoms with van der Waals surface area (Å²) in [6.07, 6.45) is 4.78. The van der Waals surface area contributed by atoms with Gasteiger partial charge < -0.3 is 0 Å². The fraction of sp³-hybridized carbons (Fsp3) is 0.263. The quantitative estimate of drug-likeness (QED) is 0.424. The van der Waals surface area contributed by atoms with Crippen molar-refractivity contribution in [2.75, 3.05) is 0 Å². The predicted molar refractivity (Wildman–Crippen MR) is 91.0 cm³/mol. The van der Waals surface area contributed by atoms with Gasteiger partial charge in [-0.2, -0.15) is 0 Å². The number of hydrogen-bond acceptors (Lipinski definition) is 0. The minimum atomic E-state index is -0.533. The Bertz CT molecular complexity index is 509. The van der Waals surface area contributed by atoms with Gasteiger partial charge in [-0.15, -0.1) is 0 Å². The lowest BCUT2D eigenvalue weighted by atomic mass is 10.2. The van der Waals surface area contributed by atoms with Crippen LogP contribution in [0.2, 0.25) is 0 Å². The molecule has 2 aromatic carbocycles. The maximum Gasteiger partial charge on any atom is 0.0344 e. The van der Waals surface area contributed by atoms with Crippen LogP contribution in [0.4, 0.5) is 0 Å². The van der Waals surface area contributed by atoms with Crippen molar-refractivity contribution >= 4 is 18.5 Å². The van der Waals surface area contributed by atoms with Gasteiger partial charge in [0.1, 0.15) is 0 Å². The summed E-state index contributed by atoms with van der Waals surface area (Å²) in [7, 11) is -0.533. The molecule has 0 bridgehead atoms. The van der Waals surface area contributed by atoms with Crippen LogP contribution in [-0.2, 0) is 0 Å². The van der Waals surface area contributed by atoms with E-state index in [9.17, 15) is 0 Å². The van der Waals surface area contributed by atoms with Gasteiger partial charge >= 0.3 is 0 Å². The first-order valence-electron chi connectivity index (χ1n) is 7.30. The van der Waals surface area contributed by atoms with Crippen LogP contribution in [0.15, 0.2) is 60.7 Å². The van der Waals surface area contributed by atoms with E-state index in [2.05, 4.69) is 79.2 Å².